The molecule has 0 bridgehead atoms. The van der Waals surface area contributed by atoms with Gasteiger partial charge in [-0.1, -0.05) is 6.07 Å². The van der Waals surface area contributed by atoms with E-state index in [1.807, 2.05) is 32.0 Å². The molecule has 1 heterocycles. The number of rotatable bonds is 5. The molecule has 2 amide bonds. The van der Waals surface area contributed by atoms with Gasteiger partial charge in [0, 0.05) is 29.9 Å². The van der Waals surface area contributed by atoms with E-state index in [0.29, 0.717) is 24.3 Å². The summed E-state index contributed by atoms with van der Waals surface area (Å²) in [6.07, 6.45) is 1.46. The molecule has 2 aromatic rings. The molecule has 25 heavy (non-hydrogen) atoms. The topological polar surface area (TPSA) is 58.6 Å². The molecule has 3 rings (SSSR count). The van der Waals surface area contributed by atoms with E-state index in [1.165, 1.54) is 0 Å². The molecule has 0 spiro atoms. The minimum absolute atomic E-state index is 0.137. The fraction of sp³-hybridized carbons (Fsp3) is 0.300. The molecule has 0 radical (unpaired) electrons. The van der Waals surface area contributed by atoms with E-state index >= 15 is 0 Å². The van der Waals surface area contributed by atoms with Crippen molar-refractivity contribution in [3.63, 3.8) is 0 Å². The van der Waals surface area contributed by atoms with Crippen LogP contribution in [0.4, 0.5) is 11.4 Å². The van der Waals surface area contributed by atoms with Gasteiger partial charge >= 0.3 is 0 Å². The van der Waals surface area contributed by atoms with Crippen LogP contribution in [0.25, 0.3) is 0 Å². The van der Waals surface area contributed by atoms with Crippen LogP contribution in [0, 0.1) is 6.92 Å². The van der Waals surface area contributed by atoms with Gasteiger partial charge in [-0.2, -0.15) is 0 Å². The fourth-order valence-corrected chi connectivity index (χ4v) is 2.95. The Kier molecular flexibility index (Phi) is 5.03. The van der Waals surface area contributed by atoms with Crippen molar-refractivity contribution in [3.05, 3.63) is 53.6 Å². The third-order valence-electron chi connectivity index (χ3n) is 4.26. The average Bonchev–Trinajstić information content (AvgIpc) is 3.03. The van der Waals surface area contributed by atoms with Crippen LogP contribution in [0.2, 0.25) is 0 Å². The maximum atomic E-state index is 12.4. The Hall–Kier alpha value is -2.82. The number of amides is 2. The Balaban J connectivity index is 1.76. The van der Waals surface area contributed by atoms with Gasteiger partial charge in [-0.15, -0.1) is 0 Å². The van der Waals surface area contributed by atoms with Crippen molar-refractivity contribution in [1.29, 1.82) is 0 Å². The lowest BCUT2D eigenvalue weighted by Gasteiger charge is -2.19. The number of hydrogen-bond donors (Lipinski definition) is 1. The molecule has 1 fully saturated rings. The first-order valence-electron chi connectivity index (χ1n) is 8.53. The minimum atomic E-state index is -0.189. The summed E-state index contributed by atoms with van der Waals surface area (Å²) in [5.41, 5.74) is 3.13. The van der Waals surface area contributed by atoms with Crippen molar-refractivity contribution >= 4 is 23.2 Å². The molecule has 1 saturated heterocycles. The second-order valence-corrected chi connectivity index (χ2v) is 6.06. The first kappa shape index (κ1) is 17.0. The summed E-state index contributed by atoms with van der Waals surface area (Å²) in [6, 6.07) is 12.7. The third-order valence-corrected chi connectivity index (χ3v) is 4.26. The van der Waals surface area contributed by atoms with Crippen molar-refractivity contribution < 1.29 is 14.3 Å². The van der Waals surface area contributed by atoms with Gasteiger partial charge in [0.1, 0.15) is 5.75 Å². The number of benzene rings is 2. The molecular weight excluding hydrogens is 316 g/mol. The number of nitrogens with zero attached hydrogens (tertiary/aromatic N) is 1. The summed E-state index contributed by atoms with van der Waals surface area (Å²) >= 11 is 0. The predicted octanol–water partition coefficient (Wildman–Crippen LogP) is 3.77. The highest BCUT2D eigenvalue weighted by molar-refractivity contribution is 6.05. The Morgan fingerprint density at radius 2 is 1.96 bits per heavy atom. The Bertz CT molecular complexity index is 784. The van der Waals surface area contributed by atoms with Crippen LogP contribution in [0.15, 0.2) is 42.5 Å². The molecule has 0 atom stereocenters. The summed E-state index contributed by atoms with van der Waals surface area (Å²) in [5.74, 6) is 0.688. The fourth-order valence-electron chi connectivity index (χ4n) is 2.95. The summed E-state index contributed by atoms with van der Waals surface area (Å²) in [4.78, 5) is 26.2. The van der Waals surface area contributed by atoms with Crippen LogP contribution in [0.3, 0.4) is 0 Å². The average molecular weight is 338 g/mol. The van der Waals surface area contributed by atoms with E-state index in [1.54, 1.807) is 29.2 Å². The molecule has 2 aromatic carbocycles. The zero-order valence-electron chi connectivity index (χ0n) is 14.5. The lowest BCUT2D eigenvalue weighted by molar-refractivity contribution is -0.117. The molecule has 0 aliphatic carbocycles. The molecule has 1 N–H and O–H groups in total. The summed E-state index contributed by atoms with van der Waals surface area (Å²) < 4.78 is 5.39. The largest absolute Gasteiger partial charge is 0.494 e. The highest BCUT2D eigenvalue weighted by Crippen LogP contribution is 2.28. The summed E-state index contributed by atoms with van der Waals surface area (Å²) in [5, 5.41) is 2.90. The zero-order valence-corrected chi connectivity index (χ0v) is 14.5. The molecule has 0 saturated carbocycles. The molecule has 1 aliphatic heterocycles. The van der Waals surface area contributed by atoms with Crippen LogP contribution in [0.5, 0.6) is 5.75 Å². The molecule has 130 valence electrons. The second kappa shape index (κ2) is 7.38. The number of hydrogen-bond acceptors (Lipinski definition) is 3. The van der Waals surface area contributed by atoms with E-state index < -0.39 is 0 Å². The number of carbonyl (C=O) groups excluding carboxylic acids is 2. The third kappa shape index (κ3) is 3.82. The van der Waals surface area contributed by atoms with Crippen molar-refractivity contribution in [1.82, 2.24) is 0 Å². The highest BCUT2D eigenvalue weighted by atomic mass is 16.5. The molecule has 5 heteroatoms. The Labute approximate surface area is 147 Å². The van der Waals surface area contributed by atoms with Crippen molar-refractivity contribution in [3.8, 4) is 5.75 Å². The van der Waals surface area contributed by atoms with Gasteiger partial charge in [-0.3, -0.25) is 9.59 Å². The van der Waals surface area contributed by atoms with Crippen LogP contribution < -0.4 is 15.0 Å². The standard InChI is InChI=1S/C20H22N2O3/c1-3-25-17-10-7-15(8-11-17)20(24)21-16-9-6-14(2)18(13-16)22-12-4-5-19(22)23/h6-11,13H,3-5,12H2,1-2H3,(H,21,24). The Morgan fingerprint density at radius 3 is 2.60 bits per heavy atom. The lowest BCUT2D eigenvalue weighted by Crippen LogP contribution is -2.24. The van der Waals surface area contributed by atoms with E-state index in [2.05, 4.69) is 5.32 Å². The molecule has 0 aromatic heterocycles. The summed E-state index contributed by atoms with van der Waals surface area (Å²) in [7, 11) is 0. The molecule has 5 nitrogen and oxygen atoms in total. The SMILES string of the molecule is CCOc1ccc(C(=O)Nc2ccc(C)c(N3CCCC3=O)c2)cc1. The van der Waals surface area contributed by atoms with Gasteiger partial charge in [-0.25, -0.2) is 0 Å². The van der Waals surface area contributed by atoms with Crippen molar-refractivity contribution in [2.75, 3.05) is 23.4 Å². The van der Waals surface area contributed by atoms with Crippen LogP contribution in [-0.4, -0.2) is 25.0 Å². The van der Waals surface area contributed by atoms with E-state index in [9.17, 15) is 9.59 Å². The normalized spacial score (nSPS) is 13.8. The quantitative estimate of drug-likeness (QED) is 0.903. The number of anilines is 2. The molecular formula is C20H22N2O3. The maximum absolute atomic E-state index is 12.4. The highest BCUT2D eigenvalue weighted by Gasteiger charge is 2.23. The van der Waals surface area contributed by atoms with Gasteiger partial charge < -0.3 is 15.0 Å². The van der Waals surface area contributed by atoms with E-state index in [0.717, 1.165) is 30.0 Å². The van der Waals surface area contributed by atoms with Crippen LogP contribution >= 0.6 is 0 Å². The van der Waals surface area contributed by atoms with Crippen molar-refractivity contribution in [2.24, 2.45) is 0 Å². The monoisotopic (exact) mass is 338 g/mol. The first-order valence-corrected chi connectivity index (χ1v) is 8.53. The number of ether oxygens (including phenoxy) is 1. The van der Waals surface area contributed by atoms with Gasteiger partial charge in [0.15, 0.2) is 0 Å². The minimum Gasteiger partial charge on any atom is -0.494 e. The lowest BCUT2D eigenvalue weighted by atomic mass is 10.1. The number of nitrogens with one attached hydrogen (secondary N) is 1. The zero-order chi connectivity index (χ0) is 17.8. The first-order chi connectivity index (χ1) is 12.1. The van der Waals surface area contributed by atoms with Crippen LogP contribution in [-0.2, 0) is 4.79 Å². The molecule has 0 unspecified atom stereocenters. The summed E-state index contributed by atoms with van der Waals surface area (Å²) in [6.45, 7) is 5.21. The van der Waals surface area contributed by atoms with Crippen LogP contribution in [0.1, 0.15) is 35.7 Å². The molecule has 1 aliphatic rings. The van der Waals surface area contributed by atoms with Crippen molar-refractivity contribution in [2.45, 2.75) is 26.7 Å². The van der Waals surface area contributed by atoms with Gasteiger partial charge in [0.2, 0.25) is 5.91 Å². The Morgan fingerprint density at radius 1 is 1.20 bits per heavy atom. The van der Waals surface area contributed by atoms with E-state index in [-0.39, 0.29) is 11.8 Å². The number of aryl methyl sites for hydroxylation is 1. The second-order valence-electron chi connectivity index (χ2n) is 6.06. The van der Waals surface area contributed by atoms with Gasteiger partial charge in [0.05, 0.1) is 6.61 Å². The number of carbonyl (C=O) groups is 2. The van der Waals surface area contributed by atoms with E-state index in [4.69, 9.17) is 4.74 Å². The van der Waals surface area contributed by atoms with Gasteiger partial charge in [0.25, 0.3) is 5.91 Å². The predicted molar refractivity (Wildman–Crippen MR) is 98.3 cm³/mol. The smallest absolute Gasteiger partial charge is 0.255 e. The maximum Gasteiger partial charge on any atom is 0.255 e. The van der Waals surface area contributed by atoms with Gasteiger partial charge in [-0.05, 0) is 62.2 Å².